The van der Waals surface area contributed by atoms with E-state index in [1.807, 2.05) is 56.6 Å². The smallest absolute Gasteiger partial charge is 0.282 e. The number of hydrogen-bond donors (Lipinski definition) is 0. The van der Waals surface area contributed by atoms with Crippen molar-refractivity contribution in [2.75, 3.05) is 20.1 Å². The fourth-order valence-corrected chi connectivity index (χ4v) is 5.40. The van der Waals surface area contributed by atoms with Crippen molar-refractivity contribution in [2.45, 2.75) is 53.0 Å². The molecule has 1 saturated heterocycles. The SMILES string of the molecule is Cc1nn(Cc2ccccc2Cl)c(C)c1CN(C)S(=O)(=O)N1C[C@@H](C)O[C@@H](C)C1. The number of rotatable bonds is 6. The van der Waals surface area contributed by atoms with E-state index in [4.69, 9.17) is 16.3 Å². The van der Waals surface area contributed by atoms with E-state index in [2.05, 4.69) is 5.10 Å². The summed E-state index contributed by atoms with van der Waals surface area (Å²) >= 11 is 6.28. The van der Waals surface area contributed by atoms with Crippen molar-refractivity contribution in [1.82, 2.24) is 18.4 Å². The summed E-state index contributed by atoms with van der Waals surface area (Å²) in [5.41, 5.74) is 3.65. The summed E-state index contributed by atoms with van der Waals surface area (Å²) in [6, 6.07) is 7.66. The Morgan fingerprint density at radius 2 is 1.83 bits per heavy atom. The van der Waals surface area contributed by atoms with Gasteiger partial charge in [0, 0.05) is 43.0 Å². The maximum Gasteiger partial charge on any atom is 0.282 e. The van der Waals surface area contributed by atoms with Crippen LogP contribution in [0.5, 0.6) is 0 Å². The first-order valence-corrected chi connectivity index (χ1v) is 11.5. The monoisotopic (exact) mass is 440 g/mol. The highest BCUT2D eigenvalue weighted by molar-refractivity contribution is 7.86. The van der Waals surface area contributed by atoms with Crippen LogP contribution in [0, 0.1) is 13.8 Å². The van der Waals surface area contributed by atoms with Crippen molar-refractivity contribution in [3.63, 3.8) is 0 Å². The molecule has 1 aliphatic heterocycles. The highest BCUT2D eigenvalue weighted by Gasteiger charge is 2.34. The Morgan fingerprint density at radius 1 is 1.21 bits per heavy atom. The standard InChI is InChI=1S/C20H29ClN4O3S/c1-14-10-24(11-15(2)28-14)29(26,27)23(5)13-19-16(3)22-25(17(19)4)12-18-8-6-7-9-20(18)21/h6-9,14-15H,10-13H2,1-5H3/t14-,15+. The predicted molar refractivity (Wildman–Crippen MR) is 114 cm³/mol. The molecule has 0 radical (unpaired) electrons. The van der Waals surface area contributed by atoms with Gasteiger partial charge in [-0.2, -0.15) is 22.1 Å². The van der Waals surface area contributed by atoms with Gasteiger partial charge in [0.25, 0.3) is 10.2 Å². The molecule has 9 heteroatoms. The van der Waals surface area contributed by atoms with Crippen molar-refractivity contribution in [2.24, 2.45) is 0 Å². The van der Waals surface area contributed by atoms with Crippen molar-refractivity contribution in [3.8, 4) is 0 Å². The molecule has 2 atom stereocenters. The summed E-state index contributed by atoms with van der Waals surface area (Å²) < 4.78 is 36.6. The van der Waals surface area contributed by atoms with E-state index in [0.717, 1.165) is 22.5 Å². The number of hydrogen-bond acceptors (Lipinski definition) is 4. The van der Waals surface area contributed by atoms with Crippen LogP contribution in [0.1, 0.15) is 36.4 Å². The number of halogens is 1. The second kappa shape index (κ2) is 8.73. The van der Waals surface area contributed by atoms with Crippen LogP contribution in [0.25, 0.3) is 0 Å². The minimum absolute atomic E-state index is 0.122. The van der Waals surface area contributed by atoms with Gasteiger partial charge < -0.3 is 4.74 Å². The minimum Gasteiger partial charge on any atom is -0.373 e. The van der Waals surface area contributed by atoms with Crippen LogP contribution in [0.3, 0.4) is 0 Å². The third-order valence-electron chi connectivity index (χ3n) is 5.30. The van der Waals surface area contributed by atoms with Crippen molar-refractivity contribution in [1.29, 1.82) is 0 Å². The third-order valence-corrected chi connectivity index (χ3v) is 7.53. The fraction of sp³-hybridized carbons (Fsp3) is 0.550. The summed E-state index contributed by atoms with van der Waals surface area (Å²) in [5, 5.41) is 5.31. The highest BCUT2D eigenvalue weighted by atomic mass is 35.5. The van der Waals surface area contributed by atoms with Gasteiger partial charge in [-0.3, -0.25) is 4.68 Å². The minimum atomic E-state index is -3.59. The summed E-state index contributed by atoms with van der Waals surface area (Å²) in [6.07, 6.45) is -0.243. The molecule has 1 aliphatic rings. The third kappa shape index (κ3) is 4.83. The number of morpholine rings is 1. The number of aryl methyl sites for hydroxylation is 1. The second-order valence-electron chi connectivity index (χ2n) is 7.74. The van der Waals surface area contributed by atoms with Crippen LogP contribution in [0.4, 0.5) is 0 Å². The Balaban J connectivity index is 1.79. The predicted octanol–water partition coefficient (Wildman–Crippen LogP) is 2.99. The first-order valence-electron chi connectivity index (χ1n) is 9.72. The summed E-state index contributed by atoms with van der Waals surface area (Å²) in [5.74, 6) is 0. The molecule has 1 aromatic carbocycles. The van der Waals surface area contributed by atoms with Crippen LogP contribution < -0.4 is 0 Å². The summed E-state index contributed by atoms with van der Waals surface area (Å²) in [4.78, 5) is 0. The molecule has 0 unspecified atom stereocenters. The molecule has 1 fully saturated rings. The van der Waals surface area contributed by atoms with Crippen LogP contribution in [0.2, 0.25) is 5.02 Å². The Bertz CT molecular complexity index is 966. The van der Waals surface area contributed by atoms with Gasteiger partial charge in [-0.25, -0.2) is 0 Å². The number of aromatic nitrogens is 2. The lowest BCUT2D eigenvalue weighted by Crippen LogP contribution is -2.52. The second-order valence-corrected chi connectivity index (χ2v) is 10.2. The molecule has 3 rings (SSSR count). The fourth-order valence-electron chi connectivity index (χ4n) is 3.73. The van der Waals surface area contributed by atoms with Gasteiger partial charge in [-0.1, -0.05) is 29.8 Å². The lowest BCUT2D eigenvalue weighted by Gasteiger charge is -2.36. The average Bonchev–Trinajstić information content (AvgIpc) is 2.90. The van der Waals surface area contributed by atoms with E-state index in [-0.39, 0.29) is 18.8 Å². The Labute approximate surface area is 178 Å². The molecule has 1 aromatic heterocycles. The van der Waals surface area contributed by atoms with E-state index in [9.17, 15) is 8.42 Å². The topological polar surface area (TPSA) is 67.7 Å². The van der Waals surface area contributed by atoms with E-state index < -0.39 is 10.2 Å². The Hall–Kier alpha value is -1.45. The lowest BCUT2D eigenvalue weighted by molar-refractivity contribution is -0.0453. The van der Waals surface area contributed by atoms with Gasteiger partial charge in [0.2, 0.25) is 0 Å². The normalized spacial score (nSPS) is 21.1. The molecule has 0 amide bonds. The maximum absolute atomic E-state index is 13.1. The van der Waals surface area contributed by atoms with E-state index in [1.54, 1.807) is 7.05 Å². The van der Waals surface area contributed by atoms with E-state index in [1.165, 1.54) is 8.61 Å². The molecular formula is C20H29ClN4O3S. The van der Waals surface area contributed by atoms with Crippen molar-refractivity contribution >= 4 is 21.8 Å². The molecule has 2 aromatic rings. The number of nitrogens with zero attached hydrogens (tertiary/aromatic N) is 4. The van der Waals surface area contributed by atoms with Gasteiger partial charge in [0.1, 0.15) is 0 Å². The van der Waals surface area contributed by atoms with Gasteiger partial charge in [0.15, 0.2) is 0 Å². The largest absolute Gasteiger partial charge is 0.373 e. The molecule has 0 N–H and O–H groups in total. The van der Waals surface area contributed by atoms with Gasteiger partial charge in [-0.05, 0) is 39.3 Å². The van der Waals surface area contributed by atoms with Gasteiger partial charge in [0.05, 0.1) is 24.4 Å². The van der Waals surface area contributed by atoms with Crippen LogP contribution in [-0.4, -0.2) is 59.2 Å². The summed E-state index contributed by atoms with van der Waals surface area (Å²) in [7, 11) is -1.97. The van der Waals surface area contributed by atoms with E-state index in [0.29, 0.717) is 24.7 Å². The zero-order chi connectivity index (χ0) is 21.3. The molecular weight excluding hydrogens is 412 g/mol. The van der Waals surface area contributed by atoms with Crippen LogP contribution >= 0.6 is 11.6 Å². The molecule has 160 valence electrons. The molecule has 0 aliphatic carbocycles. The Morgan fingerprint density at radius 3 is 2.45 bits per heavy atom. The first-order chi connectivity index (χ1) is 13.6. The van der Waals surface area contributed by atoms with Crippen molar-refractivity contribution in [3.05, 3.63) is 51.8 Å². The van der Waals surface area contributed by atoms with Crippen molar-refractivity contribution < 1.29 is 13.2 Å². The Kier molecular flexibility index (Phi) is 6.70. The molecule has 0 bridgehead atoms. The summed E-state index contributed by atoms with van der Waals surface area (Å²) in [6.45, 7) is 9.19. The lowest BCUT2D eigenvalue weighted by atomic mass is 10.2. The highest BCUT2D eigenvalue weighted by Crippen LogP contribution is 2.23. The molecule has 29 heavy (non-hydrogen) atoms. The van der Waals surface area contributed by atoms with Crippen LogP contribution in [0.15, 0.2) is 24.3 Å². The molecule has 2 heterocycles. The maximum atomic E-state index is 13.1. The first kappa shape index (κ1) is 22.2. The average molecular weight is 441 g/mol. The van der Waals surface area contributed by atoms with Crippen LogP contribution in [-0.2, 0) is 28.0 Å². The van der Waals surface area contributed by atoms with Gasteiger partial charge in [-0.15, -0.1) is 0 Å². The number of benzene rings is 1. The zero-order valence-electron chi connectivity index (χ0n) is 17.6. The zero-order valence-corrected chi connectivity index (χ0v) is 19.2. The van der Waals surface area contributed by atoms with E-state index >= 15 is 0 Å². The van der Waals surface area contributed by atoms with Gasteiger partial charge >= 0.3 is 0 Å². The molecule has 0 spiro atoms. The molecule has 7 nitrogen and oxygen atoms in total. The molecule has 0 saturated carbocycles. The number of ether oxygens (including phenoxy) is 1. The quantitative estimate of drug-likeness (QED) is 0.692.